The van der Waals surface area contributed by atoms with Crippen LogP contribution in [0.3, 0.4) is 0 Å². The molecule has 0 atom stereocenters. The largest absolute Gasteiger partial charge is 0.508 e. The van der Waals surface area contributed by atoms with E-state index in [4.69, 9.17) is 28.8 Å². The maximum Gasteiger partial charge on any atom is 0.339 e. The van der Waals surface area contributed by atoms with Crippen LogP contribution < -0.4 is 15.4 Å². The molecule has 2 heterocycles. The number of nitrogens with zero attached hydrogens (tertiary/aromatic N) is 2. The van der Waals surface area contributed by atoms with E-state index in [0.717, 1.165) is 59.5 Å². The molecular weight excluding hydrogens is 736 g/mol. The van der Waals surface area contributed by atoms with Crippen molar-refractivity contribution in [3.63, 3.8) is 0 Å². The molecule has 0 unspecified atom stereocenters. The topological polar surface area (TPSA) is 244 Å². The van der Waals surface area contributed by atoms with Gasteiger partial charge >= 0.3 is 21.4 Å². The fraction of sp³-hybridized carbons (Fsp3) is 0.0625. The zero-order chi connectivity index (χ0) is 37.7. The van der Waals surface area contributed by atoms with Crippen molar-refractivity contribution in [2.45, 2.75) is 23.6 Å². The summed E-state index contributed by atoms with van der Waals surface area (Å²) in [6.07, 6.45) is 0. The summed E-state index contributed by atoms with van der Waals surface area (Å²) in [5, 5.41) is 31.5. The van der Waals surface area contributed by atoms with Gasteiger partial charge in [-0.05, 0) is 73.5 Å². The van der Waals surface area contributed by atoms with Gasteiger partial charge in [0.2, 0.25) is 0 Å². The maximum absolute atomic E-state index is 12.3. The molecular formula is C32H23ClN2O14S2. The number of benzene rings is 4. The zero-order valence-corrected chi connectivity index (χ0v) is 28.5. The Balaban J connectivity index is 0.000000189. The molecule has 0 saturated carbocycles. The number of hydrogen-bond donors (Lipinski definition) is 1. The molecule has 0 aliphatic rings. The first-order valence-electron chi connectivity index (χ1n) is 14.0. The van der Waals surface area contributed by atoms with E-state index in [1.54, 1.807) is 25.1 Å². The van der Waals surface area contributed by atoms with Crippen molar-refractivity contribution in [3.05, 3.63) is 149 Å². The first-order chi connectivity index (χ1) is 23.8. The number of phenols is 1. The van der Waals surface area contributed by atoms with Crippen LogP contribution in [0.4, 0.5) is 11.4 Å². The van der Waals surface area contributed by atoms with E-state index in [1.807, 2.05) is 6.92 Å². The third kappa shape index (κ3) is 9.75. The van der Waals surface area contributed by atoms with Gasteiger partial charge in [0.05, 0.1) is 14.7 Å². The molecule has 4 aromatic carbocycles. The molecule has 19 heteroatoms. The Bertz CT molecular complexity index is 2620. The molecule has 0 amide bonds. The summed E-state index contributed by atoms with van der Waals surface area (Å²) in [6, 6.07) is 20.4. The van der Waals surface area contributed by atoms with Gasteiger partial charge in [0.15, 0.2) is 0 Å². The fourth-order valence-corrected chi connectivity index (χ4v) is 6.00. The molecule has 16 nitrogen and oxygen atoms in total. The normalized spacial score (nSPS) is 11.1. The molecule has 0 aliphatic heterocycles. The van der Waals surface area contributed by atoms with E-state index in [2.05, 4.69) is 0 Å². The molecule has 1 N–H and O–H groups in total. The molecule has 6 aromatic rings. The Hall–Kier alpha value is -6.11. The first kappa shape index (κ1) is 37.7. The van der Waals surface area contributed by atoms with Crippen LogP contribution >= 0.6 is 10.7 Å². The fourth-order valence-electron chi connectivity index (χ4n) is 4.31. The summed E-state index contributed by atoms with van der Waals surface area (Å²) < 4.78 is 60.9. The number of phenolic OH excluding ortho intramolecular Hbond substituents is 1. The quantitative estimate of drug-likeness (QED) is 0.0662. The van der Waals surface area contributed by atoms with E-state index in [0.29, 0.717) is 16.5 Å². The van der Waals surface area contributed by atoms with Crippen LogP contribution in [-0.4, -0.2) is 31.8 Å². The highest BCUT2D eigenvalue weighted by Gasteiger charge is 2.19. The molecule has 51 heavy (non-hydrogen) atoms. The highest BCUT2D eigenvalue weighted by Crippen LogP contribution is 2.26. The van der Waals surface area contributed by atoms with Gasteiger partial charge in [0, 0.05) is 70.0 Å². The summed E-state index contributed by atoms with van der Waals surface area (Å²) in [5.74, 6) is 0.0563. The molecule has 0 radical (unpaired) electrons. The second-order valence-electron chi connectivity index (χ2n) is 10.3. The Morgan fingerprint density at radius 3 is 1.53 bits per heavy atom. The Kier molecular flexibility index (Phi) is 11.2. The van der Waals surface area contributed by atoms with E-state index < -0.39 is 40.3 Å². The lowest BCUT2D eigenvalue weighted by molar-refractivity contribution is -0.385. The molecule has 264 valence electrons. The maximum atomic E-state index is 12.3. The van der Waals surface area contributed by atoms with Crippen molar-refractivity contribution in [2.75, 3.05) is 0 Å². The Morgan fingerprint density at radius 1 is 0.647 bits per heavy atom. The minimum atomic E-state index is -4.19. The molecule has 6 rings (SSSR count). The van der Waals surface area contributed by atoms with Gasteiger partial charge < -0.3 is 18.1 Å². The number of halogens is 1. The van der Waals surface area contributed by atoms with Crippen molar-refractivity contribution in [2.24, 2.45) is 0 Å². The number of hydrogen-bond acceptors (Lipinski definition) is 14. The van der Waals surface area contributed by atoms with Crippen LogP contribution in [0.2, 0.25) is 0 Å². The lowest BCUT2D eigenvalue weighted by atomic mass is 10.1. The average molecular weight is 759 g/mol. The average Bonchev–Trinajstić information content (AvgIpc) is 3.04. The SMILES string of the molecule is Cc1cc(=O)oc2cc(O)ccc12.Cc1cc(=O)oc2cc(OS(=O)(=O)c3ccc([N+](=O)[O-])cc3)ccc12.O=[N+]([O-])c1ccc(S(=O)(=O)Cl)cc1. The van der Waals surface area contributed by atoms with Gasteiger partial charge in [-0.25, -0.2) is 18.0 Å². The van der Waals surface area contributed by atoms with Crippen LogP contribution in [0.1, 0.15) is 11.1 Å². The second-order valence-corrected chi connectivity index (χ2v) is 14.4. The smallest absolute Gasteiger partial charge is 0.339 e. The molecule has 0 saturated heterocycles. The molecule has 0 fully saturated rings. The number of nitro groups is 2. The first-order valence-corrected chi connectivity index (χ1v) is 17.7. The molecule has 2 aromatic heterocycles. The number of rotatable bonds is 6. The summed E-state index contributed by atoms with van der Waals surface area (Å²) in [4.78, 5) is 41.6. The monoisotopic (exact) mass is 758 g/mol. The third-order valence-corrected chi connectivity index (χ3v) is 9.36. The number of non-ortho nitro benzene ring substituents is 2. The predicted octanol–water partition coefficient (Wildman–Crippen LogP) is 6.11. The molecule has 0 spiro atoms. The standard InChI is InChI=1S/C16H11NO7S.C10H8O3.C6H4ClNO4S/c1-10-8-16(18)23-15-9-12(4-7-14(10)15)24-25(21,22)13-5-2-11(3-6-13)17(19)20;1-6-4-10(12)13-9-5-7(11)2-3-8(6)9;7-13(11,12)6-3-1-5(2-4-6)8(9)10/h2-9H,1H3;2-5,11H,1H3;1-4H. The van der Waals surface area contributed by atoms with E-state index in [9.17, 15) is 46.7 Å². The Labute approximate surface area is 291 Å². The third-order valence-electron chi connectivity index (χ3n) is 6.73. The van der Waals surface area contributed by atoms with Crippen molar-refractivity contribution in [1.29, 1.82) is 0 Å². The minimum absolute atomic E-state index is 0.0420. The van der Waals surface area contributed by atoms with Crippen molar-refractivity contribution in [3.8, 4) is 11.5 Å². The van der Waals surface area contributed by atoms with Gasteiger partial charge in [-0.15, -0.1) is 0 Å². The van der Waals surface area contributed by atoms with E-state index >= 15 is 0 Å². The van der Waals surface area contributed by atoms with Crippen LogP contribution in [-0.2, 0) is 19.2 Å². The predicted molar refractivity (Wildman–Crippen MR) is 183 cm³/mol. The highest BCUT2D eigenvalue weighted by atomic mass is 35.7. The summed E-state index contributed by atoms with van der Waals surface area (Å²) in [5.41, 5.74) is 0.802. The molecule has 0 aliphatic carbocycles. The van der Waals surface area contributed by atoms with Gasteiger partial charge in [-0.2, -0.15) is 8.42 Å². The highest BCUT2D eigenvalue weighted by molar-refractivity contribution is 8.13. The van der Waals surface area contributed by atoms with Crippen molar-refractivity contribution >= 4 is 63.2 Å². The van der Waals surface area contributed by atoms with Crippen LogP contribution in [0.5, 0.6) is 11.5 Å². The number of aryl methyl sites for hydroxylation is 2. The second kappa shape index (κ2) is 15.2. The zero-order valence-electron chi connectivity index (χ0n) is 26.1. The number of nitro benzene ring substituents is 2. The van der Waals surface area contributed by atoms with Gasteiger partial charge in [-0.3, -0.25) is 20.2 Å². The van der Waals surface area contributed by atoms with Gasteiger partial charge in [0.1, 0.15) is 27.6 Å². The van der Waals surface area contributed by atoms with E-state index in [-0.39, 0.29) is 38.2 Å². The lowest BCUT2D eigenvalue weighted by Crippen LogP contribution is -2.10. The minimum Gasteiger partial charge on any atom is -0.508 e. The van der Waals surface area contributed by atoms with Gasteiger partial charge in [0.25, 0.3) is 20.4 Å². The van der Waals surface area contributed by atoms with E-state index in [1.165, 1.54) is 30.3 Å². The van der Waals surface area contributed by atoms with Crippen molar-refractivity contribution in [1.82, 2.24) is 0 Å². The summed E-state index contributed by atoms with van der Waals surface area (Å²) in [6.45, 7) is 3.56. The number of aromatic hydroxyl groups is 1. The summed E-state index contributed by atoms with van der Waals surface area (Å²) in [7, 11) is -2.99. The van der Waals surface area contributed by atoms with Gasteiger partial charge in [-0.1, -0.05) is 0 Å². The summed E-state index contributed by atoms with van der Waals surface area (Å²) >= 11 is 0. The van der Waals surface area contributed by atoms with Crippen LogP contribution in [0.25, 0.3) is 21.9 Å². The van der Waals surface area contributed by atoms with Crippen LogP contribution in [0.15, 0.2) is 125 Å². The number of fused-ring (bicyclic) bond motifs is 2. The Morgan fingerprint density at radius 2 is 1.08 bits per heavy atom. The van der Waals surface area contributed by atoms with Crippen LogP contribution in [0, 0.1) is 34.1 Å². The molecule has 0 bridgehead atoms. The van der Waals surface area contributed by atoms with Crippen molar-refractivity contribution < 1.29 is 44.8 Å². The lowest BCUT2D eigenvalue weighted by Gasteiger charge is -2.08.